The normalized spacial score (nSPS) is 10.4. The van der Waals surface area contributed by atoms with E-state index >= 15 is 0 Å². The van der Waals surface area contributed by atoms with Gasteiger partial charge < -0.3 is 4.57 Å². The summed E-state index contributed by atoms with van der Waals surface area (Å²) < 4.78 is 1.94. The topological polar surface area (TPSA) is 67.4 Å². The van der Waals surface area contributed by atoms with Crippen molar-refractivity contribution in [3.05, 3.63) is 54.2 Å². The first-order chi connectivity index (χ1) is 8.88. The minimum atomic E-state index is 0.591. The molecule has 0 saturated carbocycles. The quantitative estimate of drug-likeness (QED) is 0.678. The largest absolute Gasteiger partial charge is 0.323 e. The van der Waals surface area contributed by atoms with Gasteiger partial charge in [0.1, 0.15) is 11.8 Å². The summed E-state index contributed by atoms with van der Waals surface area (Å²) in [7, 11) is 0. The van der Waals surface area contributed by atoms with Crippen LogP contribution in [0.2, 0.25) is 0 Å². The molecule has 1 aromatic carbocycles. The van der Waals surface area contributed by atoms with Gasteiger partial charge in [-0.1, -0.05) is 18.2 Å². The molecule has 0 bridgehead atoms. The van der Waals surface area contributed by atoms with Crippen molar-refractivity contribution in [1.29, 1.82) is 5.26 Å². The van der Waals surface area contributed by atoms with E-state index in [1.807, 2.05) is 28.8 Å². The average Bonchev–Trinajstić information content (AvgIpc) is 2.83. The molecule has 0 aliphatic carbocycles. The second kappa shape index (κ2) is 4.26. The zero-order chi connectivity index (χ0) is 12.4. The monoisotopic (exact) mass is 235 g/mol. The molecular weight excluding hydrogens is 226 g/mol. The zero-order valence-electron chi connectivity index (χ0n) is 9.48. The van der Waals surface area contributed by atoms with Gasteiger partial charge in [0, 0.05) is 0 Å². The molecule has 0 aliphatic heterocycles. The highest BCUT2D eigenvalue weighted by molar-refractivity contribution is 5.69. The van der Waals surface area contributed by atoms with Crippen molar-refractivity contribution in [3.63, 3.8) is 0 Å². The summed E-state index contributed by atoms with van der Waals surface area (Å²) in [5, 5.41) is 9.06. The molecule has 0 unspecified atom stereocenters. The molecule has 0 aliphatic rings. The Kier molecular flexibility index (Phi) is 2.47. The Morgan fingerprint density at radius 1 is 1.22 bits per heavy atom. The fraction of sp³-hybridized carbons (Fsp3) is 0.0769. The van der Waals surface area contributed by atoms with Gasteiger partial charge in [0.25, 0.3) is 0 Å². The molecule has 0 atom stereocenters. The number of rotatable bonds is 2. The third-order valence-corrected chi connectivity index (χ3v) is 2.78. The Morgan fingerprint density at radius 3 is 3.00 bits per heavy atom. The van der Waals surface area contributed by atoms with Crippen molar-refractivity contribution in [1.82, 2.24) is 19.5 Å². The fourth-order valence-electron chi connectivity index (χ4n) is 1.88. The number of aromatic nitrogens is 4. The standard InChI is InChI=1S/C13H9N5/c14-5-10-3-1-2-4-11(10)7-18-9-17-13-12(18)6-15-8-16-13/h1-4,6,8-9H,7H2. The molecule has 5 nitrogen and oxygen atoms in total. The van der Waals surface area contributed by atoms with Gasteiger partial charge in [-0.3, -0.25) is 0 Å². The van der Waals surface area contributed by atoms with E-state index in [0.29, 0.717) is 17.8 Å². The molecule has 0 spiro atoms. The number of nitrogens with zero attached hydrogens (tertiary/aromatic N) is 5. The van der Waals surface area contributed by atoms with Crippen LogP contribution in [0.5, 0.6) is 0 Å². The molecule has 3 aromatic rings. The highest BCUT2D eigenvalue weighted by Gasteiger charge is 2.06. The van der Waals surface area contributed by atoms with E-state index in [0.717, 1.165) is 11.1 Å². The van der Waals surface area contributed by atoms with E-state index in [9.17, 15) is 0 Å². The lowest BCUT2D eigenvalue weighted by atomic mass is 10.1. The van der Waals surface area contributed by atoms with Crippen LogP contribution in [-0.2, 0) is 6.54 Å². The maximum absolute atomic E-state index is 9.06. The number of benzene rings is 1. The van der Waals surface area contributed by atoms with Crippen LogP contribution in [0.15, 0.2) is 43.1 Å². The fourth-order valence-corrected chi connectivity index (χ4v) is 1.88. The Balaban J connectivity index is 2.05. The minimum absolute atomic E-state index is 0.591. The maximum atomic E-state index is 9.06. The number of imidazole rings is 1. The first kappa shape index (κ1) is 10.4. The molecule has 0 saturated heterocycles. The van der Waals surface area contributed by atoms with Crippen molar-refractivity contribution in [3.8, 4) is 6.07 Å². The summed E-state index contributed by atoms with van der Waals surface area (Å²) in [6.07, 6.45) is 4.92. The van der Waals surface area contributed by atoms with Crippen LogP contribution >= 0.6 is 0 Å². The molecule has 3 rings (SSSR count). The predicted octanol–water partition coefficient (Wildman–Crippen LogP) is 1.75. The van der Waals surface area contributed by atoms with E-state index in [1.54, 1.807) is 12.5 Å². The van der Waals surface area contributed by atoms with Gasteiger partial charge >= 0.3 is 0 Å². The molecule has 2 aromatic heterocycles. The van der Waals surface area contributed by atoms with Crippen LogP contribution in [0, 0.1) is 11.3 Å². The number of fused-ring (bicyclic) bond motifs is 1. The first-order valence-electron chi connectivity index (χ1n) is 5.47. The van der Waals surface area contributed by atoms with Crippen molar-refractivity contribution in [2.24, 2.45) is 0 Å². The van der Waals surface area contributed by atoms with Crippen molar-refractivity contribution >= 4 is 11.2 Å². The van der Waals surface area contributed by atoms with Crippen LogP contribution in [-0.4, -0.2) is 19.5 Å². The second-order valence-corrected chi connectivity index (χ2v) is 3.87. The highest BCUT2D eigenvalue weighted by atomic mass is 15.1. The van der Waals surface area contributed by atoms with Crippen LogP contribution in [0.1, 0.15) is 11.1 Å². The number of hydrogen-bond donors (Lipinski definition) is 0. The predicted molar refractivity (Wildman–Crippen MR) is 65.6 cm³/mol. The lowest BCUT2D eigenvalue weighted by Crippen LogP contribution is -2.00. The highest BCUT2D eigenvalue weighted by Crippen LogP contribution is 2.13. The van der Waals surface area contributed by atoms with Crippen LogP contribution in [0.25, 0.3) is 11.2 Å². The summed E-state index contributed by atoms with van der Waals surface area (Å²) in [4.78, 5) is 12.3. The van der Waals surface area contributed by atoms with Crippen molar-refractivity contribution < 1.29 is 0 Å². The third kappa shape index (κ3) is 1.70. The Bertz CT molecular complexity index is 738. The zero-order valence-corrected chi connectivity index (χ0v) is 9.48. The lowest BCUT2D eigenvalue weighted by molar-refractivity contribution is 0.820. The van der Waals surface area contributed by atoms with Gasteiger partial charge in [0.2, 0.25) is 0 Å². The average molecular weight is 235 g/mol. The Labute approximate surface area is 103 Å². The lowest BCUT2D eigenvalue weighted by Gasteiger charge is -2.05. The second-order valence-electron chi connectivity index (χ2n) is 3.87. The maximum Gasteiger partial charge on any atom is 0.180 e. The molecule has 86 valence electrons. The summed E-state index contributed by atoms with van der Waals surface area (Å²) in [6.45, 7) is 0.591. The Hall–Kier alpha value is -2.74. The summed E-state index contributed by atoms with van der Waals surface area (Å²) in [6, 6.07) is 9.72. The van der Waals surface area contributed by atoms with Crippen molar-refractivity contribution in [2.75, 3.05) is 0 Å². The summed E-state index contributed by atoms with van der Waals surface area (Å²) in [5.74, 6) is 0. The van der Waals surface area contributed by atoms with Crippen LogP contribution in [0.4, 0.5) is 0 Å². The molecule has 5 heteroatoms. The SMILES string of the molecule is N#Cc1ccccc1Cn1cnc2ncncc21. The van der Waals surface area contributed by atoms with Crippen LogP contribution in [0.3, 0.4) is 0 Å². The van der Waals surface area contributed by atoms with E-state index < -0.39 is 0 Å². The van der Waals surface area contributed by atoms with E-state index in [-0.39, 0.29) is 0 Å². The smallest absolute Gasteiger partial charge is 0.180 e. The molecule has 2 heterocycles. The van der Waals surface area contributed by atoms with Gasteiger partial charge in [-0.15, -0.1) is 0 Å². The molecular formula is C13H9N5. The third-order valence-electron chi connectivity index (χ3n) is 2.78. The summed E-state index contributed by atoms with van der Waals surface area (Å²) in [5.41, 5.74) is 3.17. The van der Waals surface area contributed by atoms with Gasteiger partial charge in [0.05, 0.1) is 30.7 Å². The molecule has 0 radical (unpaired) electrons. The summed E-state index contributed by atoms with van der Waals surface area (Å²) >= 11 is 0. The van der Waals surface area contributed by atoms with E-state index in [4.69, 9.17) is 5.26 Å². The van der Waals surface area contributed by atoms with Gasteiger partial charge in [-0.25, -0.2) is 15.0 Å². The van der Waals surface area contributed by atoms with Gasteiger partial charge in [-0.05, 0) is 11.6 Å². The Morgan fingerprint density at radius 2 is 2.11 bits per heavy atom. The number of hydrogen-bond acceptors (Lipinski definition) is 4. The first-order valence-corrected chi connectivity index (χ1v) is 5.47. The van der Waals surface area contributed by atoms with Crippen molar-refractivity contribution in [2.45, 2.75) is 6.54 Å². The number of nitriles is 1. The minimum Gasteiger partial charge on any atom is -0.323 e. The van der Waals surface area contributed by atoms with E-state index in [1.165, 1.54) is 6.33 Å². The van der Waals surface area contributed by atoms with Crippen LogP contribution < -0.4 is 0 Å². The molecule has 0 fully saturated rings. The van der Waals surface area contributed by atoms with E-state index in [2.05, 4.69) is 21.0 Å². The van der Waals surface area contributed by atoms with Gasteiger partial charge in [-0.2, -0.15) is 5.26 Å². The molecule has 0 N–H and O–H groups in total. The molecule has 18 heavy (non-hydrogen) atoms. The van der Waals surface area contributed by atoms with Gasteiger partial charge in [0.15, 0.2) is 5.65 Å². The molecule has 0 amide bonds.